The van der Waals surface area contributed by atoms with E-state index < -0.39 is 0 Å². The third-order valence-electron chi connectivity index (χ3n) is 3.27. The highest BCUT2D eigenvalue weighted by molar-refractivity contribution is 5.45. The van der Waals surface area contributed by atoms with Gasteiger partial charge in [0.25, 0.3) is 0 Å². The topological polar surface area (TPSA) is 41.5 Å². The van der Waals surface area contributed by atoms with Gasteiger partial charge in [0.15, 0.2) is 11.5 Å². The molecule has 0 aromatic heterocycles. The fraction of sp³-hybridized carbons (Fsp3) is 0.294. The van der Waals surface area contributed by atoms with Crippen LogP contribution >= 0.6 is 0 Å². The molecule has 0 spiro atoms. The molecule has 106 valence electrons. The van der Waals surface area contributed by atoms with Gasteiger partial charge in [0.2, 0.25) is 0 Å². The Labute approximate surface area is 120 Å². The lowest BCUT2D eigenvalue weighted by molar-refractivity contribution is 0.316. The van der Waals surface area contributed by atoms with Crippen LogP contribution in [0.3, 0.4) is 0 Å². The van der Waals surface area contributed by atoms with Gasteiger partial charge in [-0.3, -0.25) is 0 Å². The normalized spacial score (nSPS) is 10.5. The average molecular weight is 271 g/mol. The molecule has 0 atom stereocenters. The predicted octanol–water partition coefficient (Wildman–Crippen LogP) is 3.39. The van der Waals surface area contributed by atoms with Crippen LogP contribution in [0.1, 0.15) is 23.6 Å². The maximum Gasteiger partial charge on any atom is 0.162 e. The van der Waals surface area contributed by atoms with Gasteiger partial charge in [-0.1, -0.05) is 36.4 Å². The molecule has 0 unspecified atom stereocenters. The SMILES string of the molecule is CCOc1cccc(CNCc2ccccc2C)c1O. The first-order valence-corrected chi connectivity index (χ1v) is 6.91. The minimum atomic E-state index is 0.228. The molecule has 0 amide bonds. The lowest BCUT2D eigenvalue weighted by atomic mass is 10.1. The molecule has 0 aliphatic carbocycles. The molecule has 2 N–H and O–H groups in total. The van der Waals surface area contributed by atoms with Gasteiger partial charge >= 0.3 is 0 Å². The number of ether oxygens (including phenoxy) is 1. The highest BCUT2D eigenvalue weighted by atomic mass is 16.5. The number of hydrogen-bond acceptors (Lipinski definition) is 3. The molecule has 0 aliphatic rings. The van der Waals surface area contributed by atoms with Crippen molar-refractivity contribution in [1.29, 1.82) is 0 Å². The van der Waals surface area contributed by atoms with Crippen LogP contribution in [0.2, 0.25) is 0 Å². The lowest BCUT2D eigenvalue weighted by Crippen LogP contribution is -2.13. The van der Waals surface area contributed by atoms with E-state index in [1.807, 2.05) is 31.2 Å². The van der Waals surface area contributed by atoms with E-state index in [4.69, 9.17) is 4.74 Å². The van der Waals surface area contributed by atoms with Crippen LogP contribution in [-0.4, -0.2) is 11.7 Å². The van der Waals surface area contributed by atoms with Gasteiger partial charge in [0.1, 0.15) is 0 Å². The van der Waals surface area contributed by atoms with E-state index >= 15 is 0 Å². The molecule has 0 heterocycles. The summed E-state index contributed by atoms with van der Waals surface area (Å²) in [5.74, 6) is 0.773. The number of benzene rings is 2. The van der Waals surface area contributed by atoms with E-state index in [9.17, 15) is 5.11 Å². The van der Waals surface area contributed by atoms with Crippen molar-refractivity contribution in [2.24, 2.45) is 0 Å². The zero-order valence-electron chi connectivity index (χ0n) is 12.0. The number of phenolic OH excluding ortho intramolecular Hbond substituents is 1. The van der Waals surface area contributed by atoms with E-state index in [1.54, 1.807) is 6.07 Å². The molecule has 0 saturated carbocycles. The van der Waals surface area contributed by atoms with E-state index in [-0.39, 0.29) is 5.75 Å². The number of aryl methyl sites for hydroxylation is 1. The average Bonchev–Trinajstić information content (AvgIpc) is 2.45. The minimum Gasteiger partial charge on any atom is -0.504 e. The van der Waals surface area contributed by atoms with Crippen LogP contribution in [0.25, 0.3) is 0 Å². The summed E-state index contributed by atoms with van der Waals surface area (Å²) in [6.45, 7) is 5.95. The van der Waals surface area contributed by atoms with E-state index in [2.05, 4.69) is 24.4 Å². The standard InChI is InChI=1S/C17H21NO2/c1-3-20-16-10-6-9-15(17(16)19)12-18-11-14-8-5-4-7-13(14)2/h4-10,18-19H,3,11-12H2,1-2H3. The summed E-state index contributed by atoms with van der Waals surface area (Å²) in [6, 6.07) is 13.9. The number of phenols is 1. The second kappa shape index (κ2) is 6.96. The molecular weight excluding hydrogens is 250 g/mol. The lowest BCUT2D eigenvalue weighted by Gasteiger charge is -2.11. The third kappa shape index (κ3) is 3.52. The summed E-state index contributed by atoms with van der Waals surface area (Å²) in [6.07, 6.45) is 0. The first kappa shape index (κ1) is 14.4. The molecule has 3 heteroatoms. The van der Waals surface area contributed by atoms with Crippen molar-refractivity contribution in [3.05, 3.63) is 59.2 Å². The largest absolute Gasteiger partial charge is 0.504 e. The summed E-state index contributed by atoms with van der Waals surface area (Å²) >= 11 is 0. The third-order valence-corrected chi connectivity index (χ3v) is 3.27. The van der Waals surface area contributed by atoms with Crippen LogP contribution in [0.4, 0.5) is 0 Å². The Kier molecular flexibility index (Phi) is 5.02. The number of nitrogens with one attached hydrogen (secondary N) is 1. The zero-order chi connectivity index (χ0) is 14.4. The molecule has 0 saturated heterocycles. The van der Waals surface area contributed by atoms with Crippen molar-refractivity contribution < 1.29 is 9.84 Å². The fourth-order valence-corrected chi connectivity index (χ4v) is 2.12. The highest BCUT2D eigenvalue weighted by Gasteiger charge is 2.07. The Hall–Kier alpha value is -2.00. The van der Waals surface area contributed by atoms with Crippen LogP contribution in [0.15, 0.2) is 42.5 Å². The number of para-hydroxylation sites is 1. The van der Waals surface area contributed by atoms with Gasteiger partial charge in [-0.05, 0) is 31.0 Å². The van der Waals surface area contributed by atoms with E-state index in [1.165, 1.54) is 11.1 Å². The second-order valence-electron chi connectivity index (χ2n) is 4.73. The Morgan fingerprint density at radius 1 is 1.00 bits per heavy atom. The monoisotopic (exact) mass is 271 g/mol. The first-order chi connectivity index (χ1) is 9.72. The molecule has 2 aromatic carbocycles. The van der Waals surface area contributed by atoms with Crippen molar-refractivity contribution >= 4 is 0 Å². The van der Waals surface area contributed by atoms with Crippen LogP contribution in [0, 0.1) is 6.92 Å². The first-order valence-electron chi connectivity index (χ1n) is 6.91. The molecule has 0 aliphatic heterocycles. The van der Waals surface area contributed by atoms with Gasteiger partial charge < -0.3 is 15.2 Å². The maximum absolute atomic E-state index is 10.1. The van der Waals surface area contributed by atoms with Gasteiger partial charge in [0, 0.05) is 18.7 Å². The van der Waals surface area contributed by atoms with Gasteiger partial charge in [0.05, 0.1) is 6.61 Å². The molecule has 0 bridgehead atoms. The Morgan fingerprint density at radius 3 is 2.45 bits per heavy atom. The van der Waals surface area contributed by atoms with Crippen molar-refractivity contribution in [1.82, 2.24) is 5.32 Å². The quantitative estimate of drug-likeness (QED) is 0.846. The summed E-state index contributed by atoms with van der Waals surface area (Å²) in [4.78, 5) is 0. The number of hydrogen-bond donors (Lipinski definition) is 2. The number of rotatable bonds is 6. The predicted molar refractivity (Wildman–Crippen MR) is 81.0 cm³/mol. The minimum absolute atomic E-state index is 0.228. The summed E-state index contributed by atoms with van der Waals surface area (Å²) in [5.41, 5.74) is 3.39. The molecule has 2 rings (SSSR count). The van der Waals surface area contributed by atoms with E-state index in [0.717, 1.165) is 12.1 Å². The molecule has 20 heavy (non-hydrogen) atoms. The molecule has 0 radical (unpaired) electrons. The van der Waals surface area contributed by atoms with Crippen molar-refractivity contribution in [3.8, 4) is 11.5 Å². The maximum atomic E-state index is 10.1. The molecule has 0 fully saturated rings. The van der Waals surface area contributed by atoms with Crippen molar-refractivity contribution in [2.75, 3.05) is 6.61 Å². The van der Waals surface area contributed by atoms with Gasteiger partial charge in [-0.2, -0.15) is 0 Å². The fourth-order valence-electron chi connectivity index (χ4n) is 2.12. The van der Waals surface area contributed by atoms with Gasteiger partial charge in [-0.15, -0.1) is 0 Å². The summed E-state index contributed by atoms with van der Waals surface area (Å²) in [7, 11) is 0. The summed E-state index contributed by atoms with van der Waals surface area (Å²) in [5, 5.41) is 13.5. The van der Waals surface area contributed by atoms with Crippen molar-refractivity contribution in [3.63, 3.8) is 0 Å². The van der Waals surface area contributed by atoms with Crippen LogP contribution in [0.5, 0.6) is 11.5 Å². The molecule has 2 aromatic rings. The second-order valence-corrected chi connectivity index (χ2v) is 4.73. The van der Waals surface area contributed by atoms with Crippen LogP contribution < -0.4 is 10.1 Å². The number of aromatic hydroxyl groups is 1. The Morgan fingerprint density at radius 2 is 1.70 bits per heavy atom. The zero-order valence-corrected chi connectivity index (χ0v) is 12.0. The van der Waals surface area contributed by atoms with Crippen LogP contribution in [-0.2, 0) is 13.1 Å². The molecule has 3 nitrogen and oxygen atoms in total. The van der Waals surface area contributed by atoms with Gasteiger partial charge in [-0.25, -0.2) is 0 Å². The highest BCUT2D eigenvalue weighted by Crippen LogP contribution is 2.29. The van der Waals surface area contributed by atoms with Crippen molar-refractivity contribution in [2.45, 2.75) is 26.9 Å². The smallest absolute Gasteiger partial charge is 0.162 e. The summed E-state index contributed by atoms with van der Waals surface area (Å²) < 4.78 is 5.38. The van der Waals surface area contributed by atoms with E-state index in [0.29, 0.717) is 18.9 Å². The molecular formula is C17H21NO2. The Balaban J connectivity index is 1.98. The Bertz CT molecular complexity index is 567.